The van der Waals surface area contributed by atoms with Crippen molar-refractivity contribution in [1.82, 2.24) is 0 Å². The van der Waals surface area contributed by atoms with E-state index in [0.29, 0.717) is 6.04 Å². The summed E-state index contributed by atoms with van der Waals surface area (Å²) in [5.41, 5.74) is 1.25. The van der Waals surface area contributed by atoms with Crippen LogP contribution in [0.3, 0.4) is 0 Å². The first-order chi connectivity index (χ1) is 8.38. The number of benzene rings is 1. The zero-order chi connectivity index (χ0) is 11.9. The molecule has 0 spiro atoms. The van der Waals surface area contributed by atoms with Crippen molar-refractivity contribution in [2.75, 3.05) is 7.11 Å². The van der Waals surface area contributed by atoms with Crippen LogP contribution in [0.5, 0.6) is 0 Å². The second kappa shape index (κ2) is 6.24. The molecule has 2 nitrogen and oxygen atoms in total. The smallest absolute Gasteiger partial charge is 0.183 e. The molecule has 1 unspecified atom stereocenters. The summed E-state index contributed by atoms with van der Waals surface area (Å²) in [6, 6.07) is 10.8. The first-order valence-corrected chi connectivity index (χ1v) is 6.21. The van der Waals surface area contributed by atoms with Crippen LogP contribution in [0.2, 0.25) is 0 Å². The minimum absolute atomic E-state index is 0.402. The highest BCUT2D eigenvalue weighted by molar-refractivity contribution is 5.76. The lowest BCUT2D eigenvalue weighted by atomic mass is 10.0. The number of methoxy groups -OCH3 is 1. The van der Waals surface area contributed by atoms with Crippen LogP contribution < -0.4 is 0 Å². The Labute approximate surface area is 103 Å². The second-order valence-electron chi connectivity index (χ2n) is 4.32. The third kappa shape index (κ3) is 3.74. The molecule has 0 bridgehead atoms. The fraction of sp³-hybridized carbons (Fsp3) is 0.400. The van der Waals surface area contributed by atoms with Crippen LogP contribution in [0.4, 0.5) is 0 Å². The summed E-state index contributed by atoms with van der Waals surface area (Å²) >= 11 is 0. The van der Waals surface area contributed by atoms with Gasteiger partial charge in [-0.25, -0.2) is 0 Å². The highest BCUT2D eigenvalue weighted by Crippen LogP contribution is 2.17. The molecule has 0 aliphatic carbocycles. The average Bonchev–Trinajstić information content (AvgIpc) is 2.40. The van der Waals surface area contributed by atoms with Gasteiger partial charge in [-0.05, 0) is 24.8 Å². The van der Waals surface area contributed by atoms with E-state index in [0.717, 1.165) is 18.7 Å². The second-order valence-corrected chi connectivity index (χ2v) is 4.32. The van der Waals surface area contributed by atoms with Gasteiger partial charge in [-0.1, -0.05) is 42.5 Å². The summed E-state index contributed by atoms with van der Waals surface area (Å²) in [4.78, 5) is 4.57. The standard InChI is InChI=1S/C15H19NO/c1-17-15-12-6-11-14(16-15)10-5-9-13-7-3-2-4-8-13/h2-5,7-9,14H,6,10-12H2,1H3/b9-5+. The summed E-state index contributed by atoms with van der Waals surface area (Å²) in [5.74, 6) is 0.911. The topological polar surface area (TPSA) is 21.6 Å². The van der Waals surface area contributed by atoms with Crippen LogP contribution in [0.1, 0.15) is 31.2 Å². The van der Waals surface area contributed by atoms with Gasteiger partial charge in [0.05, 0.1) is 13.2 Å². The lowest BCUT2D eigenvalue weighted by Gasteiger charge is -2.17. The van der Waals surface area contributed by atoms with E-state index < -0.39 is 0 Å². The molecule has 0 fully saturated rings. The van der Waals surface area contributed by atoms with Gasteiger partial charge in [-0.2, -0.15) is 0 Å². The molecule has 0 radical (unpaired) electrons. The van der Waals surface area contributed by atoms with Gasteiger partial charge in [0.25, 0.3) is 0 Å². The Balaban J connectivity index is 1.88. The Morgan fingerprint density at radius 3 is 2.94 bits per heavy atom. The number of hydrogen-bond donors (Lipinski definition) is 0. The van der Waals surface area contributed by atoms with Crippen LogP contribution in [0.25, 0.3) is 6.08 Å². The first kappa shape index (κ1) is 11.9. The number of rotatable bonds is 3. The van der Waals surface area contributed by atoms with Crippen molar-refractivity contribution in [1.29, 1.82) is 0 Å². The molecule has 1 aliphatic rings. The molecule has 1 aromatic rings. The largest absolute Gasteiger partial charge is 0.484 e. The van der Waals surface area contributed by atoms with Crippen molar-refractivity contribution in [2.24, 2.45) is 4.99 Å². The van der Waals surface area contributed by atoms with Gasteiger partial charge in [0.1, 0.15) is 0 Å². The van der Waals surface area contributed by atoms with Crippen molar-refractivity contribution < 1.29 is 4.74 Å². The average molecular weight is 229 g/mol. The van der Waals surface area contributed by atoms with Crippen LogP contribution in [0, 0.1) is 0 Å². The van der Waals surface area contributed by atoms with E-state index >= 15 is 0 Å². The van der Waals surface area contributed by atoms with E-state index in [2.05, 4.69) is 41.4 Å². The zero-order valence-corrected chi connectivity index (χ0v) is 10.3. The third-order valence-corrected chi connectivity index (χ3v) is 3.01. The summed E-state index contributed by atoms with van der Waals surface area (Å²) in [5, 5.41) is 0. The summed E-state index contributed by atoms with van der Waals surface area (Å²) in [6.45, 7) is 0. The molecule has 90 valence electrons. The third-order valence-electron chi connectivity index (χ3n) is 3.01. The van der Waals surface area contributed by atoms with E-state index in [-0.39, 0.29) is 0 Å². The molecule has 0 aromatic heterocycles. The molecule has 17 heavy (non-hydrogen) atoms. The highest BCUT2D eigenvalue weighted by Gasteiger charge is 2.13. The maximum Gasteiger partial charge on any atom is 0.183 e. The monoisotopic (exact) mass is 229 g/mol. The van der Waals surface area contributed by atoms with Crippen LogP contribution in [0.15, 0.2) is 41.4 Å². The van der Waals surface area contributed by atoms with Gasteiger partial charge in [0, 0.05) is 6.42 Å². The fourth-order valence-electron chi connectivity index (χ4n) is 2.07. The van der Waals surface area contributed by atoms with Gasteiger partial charge in [0.2, 0.25) is 0 Å². The quantitative estimate of drug-likeness (QED) is 0.774. The fourth-order valence-corrected chi connectivity index (χ4v) is 2.07. The minimum atomic E-state index is 0.402. The molecular weight excluding hydrogens is 210 g/mol. The molecule has 0 saturated carbocycles. The van der Waals surface area contributed by atoms with Gasteiger partial charge in [0.15, 0.2) is 5.90 Å². The predicted octanol–water partition coefficient (Wildman–Crippen LogP) is 3.69. The molecule has 1 aliphatic heterocycles. The Kier molecular flexibility index (Phi) is 4.37. The lowest BCUT2D eigenvalue weighted by Crippen LogP contribution is -2.16. The molecule has 0 N–H and O–H groups in total. The number of nitrogens with zero attached hydrogens (tertiary/aromatic N) is 1. The summed E-state index contributed by atoms with van der Waals surface area (Å²) in [7, 11) is 1.71. The molecule has 2 heteroatoms. The van der Waals surface area contributed by atoms with E-state index in [1.165, 1.54) is 18.4 Å². The predicted molar refractivity (Wildman–Crippen MR) is 72.2 cm³/mol. The van der Waals surface area contributed by atoms with Gasteiger partial charge in [-0.3, -0.25) is 4.99 Å². The molecule has 1 aromatic carbocycles. The van der Waals surface area contributed by atoms with Crippen molar-refractivity contribution in [3.63, 3.8) is 0 Å². The van der Waals surface area contributed by atoms with Crippen molar-refractivity contribution in [3.05, 3.63) is 42.0 Å². The Bertz CT molecular complexity index is 395. The highest BCUT2D eigenvalue weighted by atomic mass is 16.5. The van der Waals surface area contributed by atoms with Gasteiger partial charge >= 0.3 is 0 Å². The lowest BCUT2D eigenvalue weighted by molar-refractivity contribution is 0.367. The van der Waals surface area contributed by atoms with Crippen LogP contribution in [-0.4, -0.2) is 19.0 Å². The number of hydrogen-bond acceptors (Lipinski definition) is 2. The summed E-state index contributed by atoms with van der Waals surface area (Å²) in [6.07, 6.45) is 8.73. The number of aliphatic imine (C=N–C) groups is 1. The van der Waals surface area contributed by atoms with Gasteiger partial charge in [-0.15, -0.1) is 0 Å². The minimum Gasteiger partial charge on any atom is -0.484 e. The summed E-state index contributed by atoms with van der Waals surface area (Å²) < 4.78 is 5.21. The van der Waals surface area contributed by atoms with Gasteiger partial charge < -0.3 is 4.74 Å². The van der Waals surface area contributed by atoms with Crippen LogP contribution >= 0.6 is 0 Å². The Morgan fingerprint density at radius 2 is 2.18 bits per heavy atom. The van der Waals surface area contributed by atoms with Crippen molar-refractivity contribution in [3.8, 4) is 0 Å². The van der Waals surface area contributed by atoms with Crippen molar-refractivity contribution >= 4 is 12.0 Å². The van der Waals surface area contributed by atoms with E-state index in [9.17, 15) is 0 Å². The zero-order valence-electron chi connectivity index (χ0n) is 10.3. The van der Waals surface area contributed by atoms with E-state index in [1.807, 2.05) is 6.07 Å². The maximum atomic E-state index is 5.21. The molecule has 2 rings (SSSR count). The van der Waals surface area contributed by atoms with E-state index in [4.69, 9.17) is 4.74 Å². The normalized spacial score (nSPS) is 20.3. The molecule has 0 amide bonds. The van der Waals surface area contributed by atoms with Crippen molar-refractivity contribution in [2.45, 2.75) is 31.7 Å². The SMILES string of the molecule is COC1=NC(C/C=C/c2ccccc2)CCC1. The Morgan fingerprint density at radius 1 is 1.35 bits per heavy atom. The molecular formula is C15H19NO. The number of ether oxygens (including phenoxy) is 1. The Hall–Kier alpha value is -1.57. The van der Waals surface area contributed by atoms with E-state index in [1.54, 1.807) is 7.11 Å². The molecule has 1 heterocycles. The molecule has 1 atom stereocenters. The molecule has 0 saturated heterocycles. The van der Waals surface area contributed by atoms with Crippen LogP contribution in [-0.2, 0) is 4.74 Å². The first-order valence-electron chi connectivity index (χ1n) is 6.21. The maximum absolute atomic E-state index is 5.21.